The zero-order chi connectivity index (χ0) is 22.7. The van der Waals surface area contributed by atoms with Crippen molar-refractivity contribution >= 4 is 17.4 Å². The van der Waals surface area contributed by atoms with Crippen LogP contribution in [0.2, 0.25) is 0 Å². The molecule has 162 valence electrons. The second kappa shape index (κ2) is 8.76. The first-order chi connectivity index (χ1) is 13.8. The number of hydrogen-bond acceptors (Lipinski definition) is 3. The van der Waals surface area contributed by atoms with E-state index in [2.05, 4.69) is 0 Å². The number of alkyl halides is 6. The van der Waals surface area contributed by atoms with Gasteiger partial charge >= 0.3 is 12.4 Å². The van der Waals surface area contributed by atoms with Gasteiger partial charge in [-0.05, 0) is 37.3 Å². The van der Waals surface area contributed by atoms with Gasteiger partial charge in [0.15, 0.2) is 5.78 Å². The Bertz CT molecular complexity index is 918. The third kappa shape index (κ3) is 5.98. The Morgan fingerprint density at radius 2 is 1.47 bits per heavy atom. The van der Waals surface area contributed by atoms with Crippen LogP contribution in [-0.2, 0) is 17.1 Å². The average Bonchev–Trinajstić information content (AvgIpc) is 2.64. The van der Waals surface area contributed by atoms with E-state index in [0.29, 0.717) is 17.9 Å². The highest BCUT2D eigenvalue weighted by molar-refractivity contribution is 6.02. The van der Waals surface area contributed by atoms with Gasteiger partial charge in [0.25, 0.3) is 0 Å². The van der Waals surface area contributed by atoms with Gasteiger partial charge in [0.2, 0.25) is 5.91 Å². The predicted octanol–water partition coefficient (Wildman–Crippen LogP) is 5.64. The van der Waals surface area contributed by atoms with E-state index in [4.69, 9.17) is 4.74 Å². The van der Waals surface area contributed by atoms with Crippen molar-refractivity contribution in [3.63, 3.8) is 0 Å². The third-order valence-corrected chi connectivity index (χ3v) is 4.11. The van der Waals surface area contributed by atoms with Crippen LogP contribution in [0.1, 0.15) is 39.9 Å². The predicted molar refractivity (Wildman–Crippen MR) is 96.4 cm³/mol. The zero-order valence-corrected chi connectivity index (χ0v) is 15.9. The van der Waals surface area contributed by atoms with Crippen LogP contribution in [0.3, 0.4) is 0 Å². The van der Waals surface area contributed by atoms with Crippen molar-refractivity contribution < 1.29 is 40.7 Å². The molecule has 4 nitrogen and oxygen atoms in total. The van der Waals surface area contributed by atoms with E-state index in [1.54, 1.807) is 25.1 Å². The molecule has 0 saturated carbocycles. The molecule has 0 aliphatic rings. The van der Waals surface area contributed by atoms with E-state index in [9.17, 15) is 35.9 Å². The fourth-order valence-electron chi connectivity index (χ4n) is 2.65. The van der Waals surface area contributed by atoms with Gasteiger partial charge in [-0.15, -0.1) is 0 Å². The summed E-state index contributed by atoms with van der Waals surface area (Å²) in [6.07, 6.45) is -10.8. The van der Waals surface area contributed by atoms with E-state index in [0.717, 1.165) is 5.56 Å². The van der Waals surface area contributed by atoms with Crippen LogP contribution in [0.4, 0.5) is 32.0 Å². The highest BCUT2D eigenvalue weighted by Crippen LogP contribution is 2.37. The number of aryl methyl sites for hydroxylation is 1. The number of rotatable bonds is 6. The Kier molecular flexibility index (Phi) is 6.79. The van der Waals surface area contributed by atoms with Crippen molar-refractivity contribution in [1.82, 2.24) is 0 Å². The molecule has 0 aliphatic carbocycles. The van der Waals surface area contributed by atoms with Gasteiger partial charge < -0.3 is 10.1 Å². The molecule has 0 aromatic heterocycles. The van der Waals surface area contributed by atoms with Gasteiger partial charge in [-0.2, -0.15) is 26.3 Å². The molecular weight excluding hydrogens is 416 g/mol. The smallest absolute Gasteiger partial charge is 0.416 e. The lowest BCUT2D eigenvalue weighted by Crippen LogP contribution is -2.16. The number of nitrogens with one attached hydrogen (secondary N) is 1. The van der Waals surface area contributed by atoms with E-state index < -0.39 is 47.3 Å². The normalized spacial score (nSPS) is 11.9. The first-order valence-corrected chi connectivity index (χ1v) is 8.58. The number of carbonyl (C=O) groups excluding carboxylic acids is 2. The zero-order valence-electron chi connectivity index (χ0n) is 15.9. The van der Waals surface area contributed by atoms with Gasteiger partial charge in [0, 0.05) is 18.5 Å². The molecule has 0 atom stereocenters. The van der Waals surface area contributed by atoms with Crippen LogP contribution in [0, 0.1) is 6.92 Å². The molecule has 30 heavy (non-hydrogen) atoms. The molecule has 0 saturated heterocycles. The molecular formula is C20H17F6NO3. The summed E-state index contributed by atoms with van der Waals surface area (Å²) in [6.45, 7) is 1.74. The van der Waals surface area contributed by atoms with Crippen LogP contribution < -0.4 is 10.1 Å². The van der Waals surface area contributed by atoms with E-state index in [1.165, 1.54) is 7.11 Å². The number of ketones is 1. The summed E-state index contributed by atoms with van der Waals surface area (Å²) < 4.78 is 82.4. The summed E-state index contributed by atoms with van der Waals surface area (Å²) in [5.41, 5.74) is -2.76. The lowest BCUT2D eigenvalue weighted by atomic mass is 10.0. The molecule has 0 bridgehead atoms. The first-order valence-electron chi connectivity index (χ1n) is 8.58. The molecule has 0 unspecified atom stereocenters. The number of hydrogen-bond donors (Lipinski definition) is 1. The largest absolute Gasteiger partial charge is 0.496 e. The minimum absolute atomic E-state index is 0.0385. The van der Waals surface area contributed by atoms with E-state index >= 15 is 0 Å². The summed E-state index contributed by atoms with van der Waals surface area (Å²) in [6, 6.07) is 5.61. The number of anilines is 1. The molecule has 2 rings (SSSR count). The second-order valence-corrected chi connectivity index (χ2v) is 6.47. The summed E-state index contributed by atoms with van der Waals surface area (Å²) >= 11 is 0. The number of methoxy groups -OCH3 is 1. The SMILES string of the molecule is COc1ccc(C)cc1C(=O)CCC(=O)Nc1cc(C(F)(F)F)cc(C(F)(F)F)c1. The van der Waals surface area contributed by atoms with Crippen LogP contribution in [0.25, 0.3) is 0 Å². The maximum Gasteiger partial charge on any atom is 0.416 e. The molecule has 2 aromatic carbocycles. The van der Waals surface area contributed by atoms with Gasteiger partial charge in [-0.25, -0.2) is 0 Å². The van der Waals surface area contributed by atoms with Crippen molar-refractivity contribution in [3.8, 4) is 5.75 Å². The standard InChI is InChI=1S/C20H17F6NO3/c1-11-3-5-17(30-2)15(7-11)16(28)4-6-18(29)27-14-9-12(19(21,22)23)8-13(10-14)20(24,25)26/h3,5,7-10H,4,6H2,1-2H3,(H,27,29). The Morgan fingerprint density at radius 3 is 1.97 bits per heavy atom. The lowest BCUT2D eigenvalue weighted by molar-refractivity contribution is -0.143. The van der Waals surface area contributed by atoms with Crippen molar-refractivity contribution in [2.45, 2.75) is 32.1 Å². The van der Waals surface area contributed by atoms with Crippen molar-refractivity contribution in [1.29, 1.82) is 0 Å². The van der Waals surface area contributed by atoms with Gasteiger partial charge in [0.1, 0.15) is 5.75 Å². The van der Waals surface area contributed by atoms with Gasteiger partial charge in [-0.1, -0.05) is 11.6 Å². The molecule has 10 heteroatoms. The second-order valence-electron chi connectivity index (χ2n) is 6.47. The third-order valence-electron chi connectivity index (χ3n) is 4.11. The van der Waals surface area contributed by atoms with Gasteiger partial charge in [-0.3, -0.25) is 9.59 Å². The Labute approximate surface area is 167 Å². The first kappa shape index (κ1) is 23.2. The average molecular weight is 433 g/mol. The molecule has 1 amide bonds. The summed E-state index contributed by atoms with van der Waals surface area (Å²) in [4.78, 5) is 24.4. The quantitative estimate of drug-likeness (QED) is 0.474. The Balaban J connectivity index is 2.15. The Hall–Kier alpha value is -3.04. The molecule has 2 aromatic rings. The fraction of sp³-hybridized carbons (Fsp3) is 0.300. The maximum atomic E-state index is 12.9. The number of amides is 1. The van der Waals surface area contributed by atoms with Crippen LogP contribution in [0.5, 0.6) is 5.75 Å². The topological polar surface area (TPSA) is 55.4 Å². The number of carbonyl (C=O) groups is 2. The molecule has 0 radical (unpaired) electrons. The van der Waals surface area contributed by atoms with Crippen LogP contribution in [0.15, 0.2) is 36.4 Å². The lowest BCUT2D eigenvalue weighted by Gasteiger charge is -2.15. The monoisotopic (exact) mass is 433 g/mol. The number of benzene rings is 2. The highest BCUT2D eigenvalue weighted by atomic mass is 19.4. The Morgan fingerprint density at radius 1 is 0.900 bits per heavy atom. The molecule has 0 spiro atoms. The van der Waals surface area contributed by atoms with E-state index in [1.807, 2.05) is 5.32 Å². The maximum absolute atomic E-state index is 12.9. The van der Waals surface area contributed by atoms with Crippen molar-refractivity contribution in [2.24, 2.45) is 0 Å². The minimum Gasteiger partial charge on any atom is -0.496 e. The molecule has 0 aliphatic heterocycles. The van der Waals surface area contributed by atoms with Crippen molar-refractivity contribution in [3.05, 3.63) is 58.7 Å². The van der Waals surface area contributed by atoms with E-state index in [-0.39, 0.29) is 18.1 Å². The highest BCUT2D eigenvalue weighted by Gasteiger charge is 2.37. The molecule has 0 heterocycles. The summed E-state index contributed by atoms with van der Waals surface area (Å²) in [5, 5.41) is 1.99. The fourth-order valence-corrected chi connectivity index (χ4v) is 2.65. The number of halogens is 6. The minimum atomic E-state index is -5.03. The number of Topliss-reactive ketones (excluding diaryl/α,β-unsaturated/α-hetero) is 1. The van der Waals surface area contributed by atoms with Crippen LogP contribution >= 0.6 is 0 Å². The number of ether oxygens (including phenoxy) is 1. The van der Waals surface area contributed by atoms with Gasteiger partial charge in [0.05, 0.1) is 23.8 Å². The van der Waals surface area contributed by atoms with Crippen molar-refractivity contribution in [2.75, 3.05) is 12.4 Å². The summed E-state index contributed by atoms with van der Waals surface area (Å²) in [5.74, 6) is -1.06. The summed E-state index contributed by atoms with van der Waals surface area (Å²) in [7, 11) is 1.36. The van der Waals surface area contributed by atoms with Crippen LogP contribution in [-0.4, -0.2) is 18.8 Å². The molecule has 0 fully saturated rings. The molecule has 1 N–H and O–H groups in total.